The standard InChI is InChI=1S/C25H35N5O3S2/c1-3-35(2,32,33)30-10-6-17(7-11-30)21-14-27-24-19(21)12-18(13-20(24)25(26)31)22-16-34-23(28-22)15-29-8-4-5-9-29/h12-14,16-17,27H,3-11,15H2,1-2H3,(H2,26,31)(H,32,33). The van der Waals surface area contributed by atoms with Crippen LogP contribution >= 0.6 is 11.3 Å². The number of benzene rings is 1. The third kappa shape index (κ3) is 4.82. The molecule has 190 valence electrons. The highest BCUT2D eigenvalue weighted by Crippen LogP contribution is 2.39. The van der Waals surface area contributed by atoms with E-state index in [1.165, 1.54) is 19.1 Å². The van der Waals surface area contributed by atoms with E-state index in [4.69, 9.17) is 10.7 Å². The molecule has 35 heavy (non-hydrogen) atoms. The molecule has 0 aliphatic carbocycles. The summed E-state index contributed by atoms with van der Waals surface area (Å²) in [7, 11) is -3.74. The summed E-state index contributed by atoms with van der Waals surface area (Å²) in [5.41, 5.74) is 9.88. The van der Waals surface area contributed by atoms with Gasteiger partial charge in [0.05, 0.1) is 23.3 Å². The maximum absolute atomic E-state index is 13.0. The number of amides is 1. The molecule has 2 saturated heterocycles. The van der Waals surface area contributed by atoms with Gasteiger partial charge in [-0.05, 0) is 69.3 Å². The van der Waals surface area contributed by atoms with E-state index in [1.807, 2.05) is 12.3 Å². The van der Waals surface area contributed by atoms with E-state index in [0.717, 1.165) is 65.2 Å². The van der Waals surface area contributed by atoms with Gasteiger partial charge in [0.1, 0.15) is 5.01 Å². The summed E-state index contributed by atoms with van der Waals surface area (Å²) in [5, 5.41) is 4.13. The Bertz CT molecular complexity index is 1310. The monoisotopic (exact) mass is 517 g/mol. The second-order valence-corrected chi connectivity index (χ2v) is 15.0. The van der Waals surface area contributed by atoms with Crippen molar-refractivity contribution in [1.82, 2.24) is 19.2 Å². The predicted octanol–water partition coefficient (Wildman–Crippen LogP) is 4.02. The quantitative estimate of drug-likeness (QED) is 0.438. The van der Waals surface area contributed by atoms with Crippen molar-refractivity contribution in [2.75, 3.05) is 38.2 Å². The van der Waals surface area contributed by atoms with Gasteiger partial charge in [-0.1, -0.05) is 0 Å². The number of H-pyrrole nitrogens is 1. The molecule has 0 atom stereocenters. The topological polar surface area (TPSA) is 116 Å². The number of hydrogen-bond donors (Lipinski definition) is 3. The van der Waals surface area contributed by atoms with Gasteiger partial charge in [0.15, 0.2) is 0 Å². The lowest BCUT2D eigenvalue weighted by molar-refractivity contribution is 0.100. The zero-order valence-electron chi connectivity index (χ0n) is 20.5. The van der Waals surface area contributed by atoms with Crippen LogP contribution in [-0.2, 0) is 16.1 Å². The Morgan fingerprint density at radius 1 is 1.26 bits per heavy atom. The molecule has 0 radical (unpaired) electrons. The molecule has 4 N–H and O–H groups in total. The number of aromatic nitrogens is 2. The Morgan fingerprint density at radius 3 is 2.63 bits per heavy atom. The van der Waals surface area contributed by atoms with Gasteiger partial charge in [0.2, 0.25) is 0 Å². The lowest BCUT2D eigenvalue weighted by Gasteiger charge is -2.50. The van der Waals surface area contributed by atoms with E-state index in [2.05, 4.69) is 21.3 Å². The number of nitrogens with one attached hydrogen (secondary N) is 1. The van der Waals surface area contributed by atoms with Crippen molar-refractivity contribution in [3.05, 3.63) is 39.8 Å². The van der Waals surface area contributed by atoms with Crippen LogP contribution in [0, 0.1) is 0 Å². The lowest BCUT2D eigenvalue weighted by Crippen LogP contribution is -2.53. The molecule has 0 saturated carbocycles. The van der Waals surface area contributed by atoms with E-state index in [-0.39, 0.29) is 11.7 Å². The highest BCUT2D eigenvalue weighted by molar-refractivity contribution is 8.12. The fourth-order valence-corrected chi connectivity index (χ4v) is 7.75. The molecule has 0 bridgehead atoms. The first-order chi connectivity index (χ1) is 16.6. The number of thiazole rings is 1. The molecule has 0 unspecified atom stereocenters. The largest absolute Gasteiger partial charge is 0.366 e. The molecular formula is C25H35N5O3S2. The third-order valence-corrected chi connectivity index (χ3v) is 11.6. The number of rotatable bonds is 7. The second-order valence-electron chi connectivity index (χ2n) is 10.1. The average molecular weight is 518 g/mol. The Hall–Kier alpha value is -2.11. The summed E-state index contributed by atoms with van der Waals surface area (Å²) in [5.74, 6) is -0.00473. The molecule has 2 aromatic heterocycles. The number of carbonyl (C=O) groups excluding carboxylic acids is 1. The molecule has 2 fully saturated rings. The van der Waals surface area contributed by atoms with Crippen LogP contribution in [0.15, 0.2) is 23.7 Å². The molecule has 8 nitrogen and oxygen atoms in total. The first-order valence-corrected chi connectivity index (χ1v) is 15.7. The number of nitrogens with zero attached hydrogens (tertiary/aromatic N) is 3. The minimum atomic E-state index is -3.74. The van der Waals surface area contributed by atoms with Crippen LogP contribution in [0.25, 0.3) is 22.2 Å². The van der Waals surface area contributed by atoms with Crippen molar-refractivity contribution in [1.29, 1.82) is 0 Å². The van der Waals surface area contributed by atoms with Crippen molar-refractivity contribution >= 4 is 37.7 Å². The summed E-state index contributed by atoms with van der Waals surface area (Å²) >= 11 is 1.66. The molecule has 0 spiro atoms. The van der Waals surface area contributed by atoms with Gasteiger partial charge in [0, 0.05) is 47.6 Å². The summed E-state index contributed by atoms with van der Waals surface area (Å²) in [4.78, 5) is 23.0. The van der Waals surface area contributed by atoms with E-state index >= 15 is 0 Å². The van der Waals surface area contributed by atoms with E-state index < -0.39 is 15.4 Å². The molecule has 2 aliphatic rings. The number of fused-ring (bicyclic) bond motifs is 1. The van der Waals surface area contributed by atoms with Gasteiger partial charge < -0.3 is 10.7 Å². The van der Waals surface area contributed by atoms with Gasteiger partial charge in [-0.15, -0.1) is 20.9 Å². The van der Waals surface area contributed by atoms with Crippen LogP contribution in [0.5, 0.6) is 0 Å². The van der Waals surface area contributed by atoms with Crippen LogP contribution in [0.2, 0.25) is 0 Å². The normalized spacial score (nSPS) is 19.8. The highest BCUT2D eigenvalue weighted by atomic mass is 32.3. The van der Waals surface area contributed by atoms with Crippen LogP contribution in [0.1, 0.15) is 59.5 Å². The zero-order chi connectivity index (χ0) is 24.8. The van der Waals surface area contributed by atoms with Gasteiger partial charge in [-0.3, -0.25) is 14.2 Å². The highest BCUT2D eigenvalue weighted by Gasteiger charge is 2.33. The molecule has 1 aromatic carbocycles. The van der Waals surface area contributed by atoms with Gasteiger partial charge in [-0.25, -0.2) is 9.29 Å². The summed E-state index contributed by atoms with van der Waals surface area (Å²) < 4.78 is 25.4. The fourth-order valence-electron chi connectivity index (χ4n) is 5.40. The van der Waals surface area contributed by atoms with Crippen LogP contribution in [0.3, 0.4) is 0 Å². The van der Waals surface area contributed by atoms with Crippen molar-refractivity contribution in [2.24, 2.45) is 5.73 Å². The van der Waals surface area contributed by atoms with Crippen LogP contribution in [-0.4, -0.2) is 72.0 Å². The van der Waals surface area contributed by atoms with Gasteiger partial charge >= 0.3 is 0 Å². The van der Waals surface area contributed by atoms with Crippen LogP contribution < -0.4 is 5.73 Å². The summed E-state index contributed by atoms with van der Waals surface area (Å²) in [6.07, 6.45) is 7.50. The van der Waals surface area contributed by atoms with E-state index in [9.17, 15) is 13.6 Å². The fraction of sp³-hybridized carbons (Fsp3) is 0.520. The minimum absolute atomic E-state index is 0.230. The smallest absolute Gasteiger partial charge is 0.250 e. The first-order valence-electron chi connectivity index (χ1n) is 12.4. The maximum Gasteiger partial charge on any atom is 0.250 e. The Balaban J connectivity index is 1.45. The van der Waals surface area contributed by atoms with E-state index in [0.29, 0.717) is 18.7 Å². The number of primary amides is 1. The molecule has 5 rings (SSSR count). The maximum atomic E-state index is 13.0. The van der Waals surface area contributed by atoms with Crippen molar-refractivity contribution in [3.8, 4) is 11.3 Å². The van der Waals surface area contributed by atoms with Crippen molar-refractivity contribution in [3.63, 3.8) is 0 Å². The molecule has 2 aliphatic heterocycles. The molecule has 1 amide bonds. The van der Waals surface area contributed by atoms with E-state index in [1.54, 1.807) is 22.6 Å². The number of likely N-dealkylation sites (tertiary alicyclic amines) is 1. The van der Waals surface area contributed by atoms with Gasteiger partial charge in [-0.2, -0.15) is 4.21 Å². The predicted molar refractivity (Wildman–Crippen MR) is 143 cm³/mol. The molecule has 3 aromatic rings. The number of hydrogen-bond acceptors (Lipinski definition) is 5. The van der Waals surface area contributed by atoms with Crippen molar-refractivity contribution < 1.29 is 13.6 Å². The molecule has 4 heterocycles. The first kappa shape index (κ1) is 24.6. The number of piperidine rings is 1. The minimum Gasteiger partial charge on any atom is -0.366 e. The summed E-state index contributed by atoms with van der Waals surface area (Å²) in [6.45, 7) is 6.02. The lowest BCUT2D eigenvalue weighted by atomic mass is 9.89. The zero-order valence-corrected chi connectivity index (χ0v) is 22.1. The number of aromatic amines is 1. The summed E-state index contributed by atoms with van der Waals surface area (Å²) in [6, 6.07) is 3.95. The molecule has 10 heteroatoms. The van der Waals surface area contributed by atoms with Gasteiger partial charge in [0.25, 0.3) is 5.91 Å². The van der Waals surface area contributed by atoms with Crippen LogP contribution in [0.4, 0.5) is 0 Å². The Kier molecular flexibility index (Phi) is 6.38. The number of nitrogens with two attached hydrogens (primary N) is 1. The SMILES string of the molecule is CCS(C)(=O)(O)N1CCC(c2c[nH]c3c(C(N)=O)cc(-c4csc(CN5CCCC5)n4)cc23)CC1. The molecular weight excluding hydrogens is 482 g/mol. The average Bonchev–Trinajstić information content (AvgIpc) is 3.60. The third-order valence-electron chi connectivity index (χ3n) is 7.71. The second kappa shape index (κ2) is 9.08. The number of carbonyl (C=O) groups is 1. The Labute approximate surface area is 210 Å². The Morgan fingerprint density at radius 2 is 1.97 bits per heavy atom. The van der Waals surface area contributed by atoms with Crippen molar-refractivity contribution in [2.45, 2.75) is 45.1 Å².